The van der Waals surface area contributed by atoms with Crippen LogP contribution in [0.5, 0.6) is 0 Å². The van der Waals surface area contributed by atoms with Crippen molar-refractivity contribution < 1.29 is 8.78 Å². The SMILES string of the molecule is CCN1CCCC1CNc1nc(Nc2ccc(F)cc2F)nc(N(C)C2CCCCCC2)n1. The topological polar surface area (TPSA) is 69.2 Å². The van der Waals surface area contributed by atoms with Gasteiger partial charge in [-0.2, -0.15) is 15.0 Å². The summed E-state index contributed by atoms with van der Waals surface area (Å²) in [7, 11) is 2.02. The molecular weight excluding hydrogens is 424 g/mol. The number of likely N-dealkylation sites (tertiary alicyclic amines) is 1. The van der Waals surface area contributed by atoms with Gasteiger partial charge in [0.2, 0.25) is 17.8 Å². The molecule has 2 aliphatic rings. The molecule has 1 saturated heterocycles. The molecule has 180 valence electrons. The Morgan fingerprint density at radius 3 is 2.48 bits per heavy atom. The number of likely N-dealkylation sites (N-methyl/N-ethyl adjacent to an activating group) is 1. The van der Waals surface area contributed by atoms with Crippen molar-refractivity contribution in [3.63, 3.8) is 0 Å². The number of anilines is 4. The van der Waals surface area contributed by atoms with Gasteiger partial charge in [0.25, 0.3) is 0 Å². The lowest BCUT2D eigenvalue weighted by atomic mass is 10.1. The fraction of sp³-hybridized carbons (Fsp3) is 0.625. The number of halogens is 2. The van der Waals surface area contributed by atoms with Crippen molar-refractivity contribution in [1.29, 1.82) is 0 Å². The van der Waals surface area contributed by atoms with Crippen LogP contribution in [0, 0.1) is 11.6 Å². The molecule has 9 heteroatoms. The molecule has 7 nitrogen and oxygen atoms in total. The first kappa shape index (κ1) is 23.6. The molecule has 33 heavy (non-hydrogen) atoms. The molecule has 2 heterocycles. The summed E-state index contributed by atoms with van der Waals surface area (Å²) in [5.41, 5.74) is 0.129. The van der Waals surface area contributed by atoms with Crippen molar-refractivity contribution in [2.24, 2.45) is 0 Å². The maximum atomic E-state index is 14.3. The van der Waals surface area contributed by atoms with Gasteiger partial charge in [-0.05, 0) is 50.9 Å². The molecule has 0 amide bonds. The minimum Gasteiger partial charge on any atom is -0.352 e. The Kier molecular flexibility index (Phi) is 7.90. The predicted octanol–water partition coefficient (Wildman–Crippen LogP) is 4.95. The Hall–Kier alpha value is -2.55. The van der Waals surface area contributed by atoms with Gasteiger partial charge >= 0.3 is 0 Å². The molecule has 4 rings (SSSR count). The third-order valence-electron chi connectivity index (χ3n) is 6.89. The standard InChI is InChI=1S/C24H35F2N7/c1-3-33-14-8-11-19(33)16-27-22-29-23(28-21-13-12-17(25)15-20(21)26)31-24(30-22)32(2)18-9-6-4-5-7-10-18/h12-13,15,18-19H,3-11,14,16H2,1-2H3,(H2,27,28,29,30,31). The molecule has 0 spiro atoms. The van der Waals surface area contributed by atoms with E-state index in [9.17, 15) is 8.78 Å². The van der Waals surface area contributed by atoms with Gasteiger partial charge in [-0.25, -0.2) is 8.78 Å². The molecule has 1 atom stereocenters. The molecule has 1 unspecified atom stereocenters. The zero-order valence-corrected chi connectivity index (χ0v) is 19.7. The summed E-state index contributed by atoms with van der Waals surface area (Å²) < 4.78 is 27.6. The molecule has 1 aromatic carbocycles. The minimum absolute atomic E-state index is 0.129. The van der Waals surface area contributed by atoms with Crippen molar-refractivity contribution in [2.45, 2.75) is 70.4 Å². The van der Waals surface area contributed by atoms with Gasteiger partial charge in [-0.1, -0.05) is 32.6 Å². The highest BCUT2D eigenvalue weighted by Crippen LogP contribution is 2.26. The van der Waals surface area contributed by atoms with Crippen LogP contribution < -0.4 is 15.5 Å². The third kappa shape index (κ3) is 6.07. The van der Waals surface area contributed by atoms with Gasteiger partial charge in [0.1, 0.15) is 11.6 Å². The summed E-state index contributed by atoms with van der Waals surface area (Å²) in [5, 5.41) is 6.30. The van der Waals surface area contributed by atoms with E-state index in [2.05, 4.69) is 37.3 Å². The highest BCUT2D eigenvalue weighted by molar-refractivity contribution is 5.56. The summed E-state index contributed by atoms with van der Waals surface area (Å²) in [4.78, 5) is 18.4. The molecular formula is C24H35F2N7. The second-order valence-corrected chi connectivity index (χ2v) is 9.09. The van der Waals surface area contributed by atoms with Crippen LogP contribution in [0.3, 0.4) is 0 Å². The Morgan fingerprint density at radius 2 is 1.76 bits per heavy atom. The van der Waals surface area contributed by atoms with Crippen LogP contribution in [0.2, 0.25) is 0 Å². The van der Waals surface area contributed by atoms with E-state index in [1.807, 2.05) is 7.05 Å². The lowest BCUT2D eigenvalue weighted by Gasteiger charge is -2.28. The van der Waals surface area contributed by atoms with Crippen LogP contribution >= 0.6 is 0 Å². The summed E-state index contributed by atoms with van der Waals surface area (Å²) in [6.07, 6.45) is 9.48. The molecule has 1 saturated carbocycles. The van der Waals surface area contributed by atoms with Gasteiger partial charge in [0.05, 0.1) is 5.69 Å². The van der Waals surface area contributed by atoms with E-state index in [-0.39, 0.29) is 11.6 Å². The smallest absolute Gasteiger partial charge is 0.233 e. The quantitative estimate of drug-likeness (QED) is 0.542. The zero-order valence-electron chi connectivity index (χ0n) is 19.7. The van der Waals surface area contributed by atoms with E-state index >= 15 is 0 Å². The summed E-state index contributed by atoms with van der Waals surface area (Å²) in [5.74, 6) is -0.0427. The highest BCUT2D eigenvalue weighted by Gasteiger charge is 2.24. The summed E-state index contributed by atoms with van der Waals surface area (Å²) >= 11 is 0. The van der Waals surface area contributed by atoms with E-state index in [1.165, 1.54) is 44.2 Å². The molecule has 1 aliphatic heterocycles. The van der Waals surface area contributed by atoms with Crippen LogP contribution in [-0.4, -0.2) is 58.6 Å². The molecule has 0 bridgehead atoms. The van der Waals surface area contributed by atoms with Gasteiger partial charge < -0.3 is 15.5 Å². The average Bonchev–Trinajstić information content (AvgIpc) is 3.10. The number of benzene rings is 1. The Labute approximate surface area is 195 Å². The summed E-state index contributed by atoms with van der Waals surface area (Å²) in [6.45, 7) is 5.07. The maximum Gasteiger partial charge on any atom is 0.233 e. The van der Waals surface area contributed by atoms with E-state index in [1.54, 1.807) is 0 Å². The Balaban J connectivity index is 1.57. The highest BCUT2D eigenvalue weighted by atomic mass is 19.1. The molecule has 2 N–H and O–H groups in total. The van der Waals surface area contributed by atoms with E-state index in [0.717, 1.165) is 45.0 Å². The lowest BCUT2D eigenvalue weighted by molar-refractivity contribution is 0.277. The monoisotopic (exact) mass is 459 g/mol. The fourth-order valence-electron chi connectivity index (χ4n) is 4.93. The normalized spacial score (nSPS) is 19.9. The van der Waals surface area contributed by atoms with Crippen LogP contribution in [0.4, 0.5) is 32.3 Å². The largest absolute Gasteiger partial charge is 0.352 e. The van der Waals surface area contributed by atoms with Crippen molar-refractivity contribution in [3.05, 3.63) is 29.8 Å². The van der Waals surface area contributed by atoms with Gasteiger partial charge in [-0.3, -0.25) is 4.90 Å². The molecule has 0 radical (unpaired) electrons. The van der Waals surface area contributed by atoms with E-state index < -0.39 is 11.6 Å². The zero-order chi connectivity index (χ0) is 23.2. The first-order chi connectivity index (χ1) is 16.0. The second-order valence-electron chi connectivity index (χ2n) is 9.09. The maximum absolute atomic E-state index is 14.3. The van der Waals surface area contributed by atoms with Crippen molar-refractivity contribution in [1.82, 2.24) is 19.9 Å². The summed E-state index contributed by atoms with van der Waals surface area (Å²) in [6, 6.07) is 4.22. The lowest BCUT2D eigenvalue weighted by Crippen LogP contribution is -2.35. The average molecular weight is 460 g/mol. The first-order valence-electron chi connectivity index (χ1n) is 12.2. The van der Waals surface area contributed by atoms with Crippen LogP contribution in [0.15, 0.2) is 18.2 Å². The predicted molar refractivity (Wildman–Crippen MR) is 128 cm³/mol. The number of rotatable bonds is 8. The van der Waals surface area contributed by atoms with Crippen LogP contribution in [0.1, 0.15) is 58.3 Å². The second kappa shape index (κ2) is 11.0. The van der Waals surface area contributed by atoms with Gasteiger partial charge in [-0.15, -0.1) is 0 Å². The molecule has 2 aromatic rings. The number of nitrogens with zero attached hydrogens (tertiary/aromatic N) is 5. The first-order valence-corrected chi connectivity index (χ1v) is 12.2. The molecule has 1 aromatic heterocycles. The number of aromatic nitrogens is 3. The van der Waals surface area contributed by atoms with Crippen LogP contribution in [-0.2, 0) is 0 Å². The van der Waals surface area contributed by atoms with Gasteiger partial charge in [0.15, 0.2) is 0 Å². The van der Waals surface area contributed by atoms with Gasteiger partial charge in [0, 0.05) is 31.7 Å². The number of nitrogens with one attached hydrogen (secondary N) is 2. The Morgan fingerprint density at radius 1 is 1.00 bits per heavy atom. The third-order valence-corrected chi connectivity index (χ3v) is 6.89. The molecule has 1 aliphatic carbocycles. The van der Waals surface area contributed by atoms with E-state index in [4.69, 9.17) is 4.98 Å². The fourth-order valence-corrected chi connectivity index (χ4v) is 4.93. The Bertz CT molecular complexity index is 918. The van der Waals surface area contributed by atoms with Crippen molar-refractivity contribution in [2.75, 3.05) is 42.2 Å². The number of hydrogen-bond acceptors (Lipinski definition) is 7. The number of hydrogen-bond donors (Lipinski definition) is 2. The molecule has 2 fully saturated rings. The minimum atomic E-state index is -0.687. The van der Waals surface area contributed by atoms with E-state index in [0.29, 0.717) is 24.0 Å². The van der Waals surface area contributed by atoms with Crippen molar-refractivity contribution in [3.8, 4) is 0 Å². The van der Waals surface area contributed by atoms with Crippen molar-refractivity contribution >= 4 is 23.5 Å². The van der Waals surface area contributed by atoms with Crippen LogP contribution in [0.25, 0.3) is 0 Å².